The highest BCUT2D eigenvalue weighted by atomic mass is 16.2. The number of hydrogen-bond donors (Lipinski definition) is 1. The van der Waals surface area contributed by atoms with E-state index in [1.807, 2.05) is 6.92 Å². The van der Waals surface area contributed by atoms with Crippen LogP contribution in [0, 0.1) is 0 Å². The minimum Gasteiger partial charge on any atom is -0.336 e. The molecule has 0 aliphatic carbocycles. The van der Waals surface area contributed by atoms with Gasteiger partial charge in [-0.05, 0) is 27.3 Å². The number of carbonyl (C=O) groups is 2. The fourth-order valence-corrected chi connectivity index (χ4v) is 0.993. The van der Waals surface area contributed by atoms with Gasteiger partial charge in [-0.25, -0.2) is 0 Å². The highest BCUT2D eigenvalue weighted by Crippen LogP contribution is 2.03. The van der Waals surface area contributed by atoms with E-state index in [2.05, 4.69) is 5.73 Å². The van der Waals surface area contributed by atoms with Crippen molar-refractivity contribution in [2.24, 2.45) is 5.73 Å². The number of likely N-dealkylation sites (N-methyl/N-ethyl adjacent to an activating group) is 1. The normalized spacial score (nSPS) is 11.1. The van der Waals surface area contributed by atoms with Crippen molar-refractivity contribution in [1.82, 2.24) is 4.90 Å². The lowest BCUT2D eigenvalue weighted by Crippen LogP contribution is -2.39. The van der Waals surface area contributed by atoms with E-state index in [1.54, 1.807) is 14.0 Å². The van der Waals surface area contributed by atoms with Crippen LogP contribution in [0.25, 0.3) is 0 Å². The molecule has 0 aliphatic heterocycles. The van der Waals surface area contributed by atoms with Gasteiger partial charge in [-0.15, -0.1) is 0 Å². The molecule has 0 aromatic carbocycles. The third-order valence-electron chi connectivity index (χ3n) is 2.31. The molecule has 0 fully saturated rings. The zero-order valence-electron chi connectivity index (χ0n) is 10.5. The Kier molecular flexibility index (Phi) is 10.6. The lowest BCUT2D eigenvalue weighted by Gasteiger charge is -2.22. The summed E-state index contributed by atoms with van der Waals surface area (Å²) in [4.78, 5) is 23.9. The second-order valence-corrected chi connectivity index (χ2v) is 3.39. The number of nitrogens with two attached hydrogens (primary N) is 1. The van der Waals surface area contributed by atoms with Gasteiger partial charge in [0, 0.05) is 13.5 Å². The fraction of sp³-hybridized carbons (Fsp3) is 0.818. The zero-order chi connectivity index (χ0) is 12.4. The number of amides is 1. The topological polar surface area (TPSA) is 63.4 Å². The van der Waals surface area contributed by atoms with Gasteiger partial charge in [0.2, 0.25) is 5.91 Å². The van der Waals surface area contributed by atoms with Gasteiger partial charge in [0.15, 0.2) is 5.78 Å². The Morgan fingerprint density at radius 3 is 2.13 bits per heavy atom. The molecule has 0 aromatic rings. The van der Waals surface area contributed by atoms with Crippen LogP contribution in [0.4, 0.5) is 0 Å². The molecule has 0 saturated carbocycles. The van der Waals surface area contributed by atoms with E-state index >= 15 is 0 Å². The van der Waals surface area contributed by atoms with Crippen molar-refractivity contribution in [1.29, 1.82) is 0 Å². The van der Waals surface area contributed by atoms with Gasteiger partial charge in [-0.2, -0.15) is 0 Å². The van der Waals surface area contributed by atoms with E-state index in [0.29, 0.717) is 6.42 Å². The van der Waals surface area contributed by atoms with Crippen LogP contribution in [-0.2, 0) is 9.59 Å². The number of carbonyl (C=O) groups excluding carboxylic acids is 2. The van der Waals surface area contributed by atoms with Crippen LogP contribution in [0.15, 0.2) is 0 Å². The van der Waals surface area contributed by atoms with Gasteiger partial charge in [-0.3, -0.25) is 9.59 Å². The van der Waals surface area contributed by atoms with Crippen LogP contribution in [0.5, 0.6) is 0 Å². The summed E-state index contributed by atoms with van der Waals surface area (Å²) < 4.78 is 0. The molecule has 0 spiro atoms. The molecular weight excluding hydrogens is 192 g/mol. The van der Waals surface area contributed by atoms with E-state index in [0.717, 1.165) is 12.8 Å². The standard InChI is InChI=1S/C10H19NO2.CH5N/c1-5-6-7-10(13)11(4)8(2)9(3)12;1-2/h8H,5-7H2,1-4H3;2H2,1H3. The first-order chi connectivity index (χ1) is 7.00. The summed E-state index contributed by atoms with van der Waals surface area (Å²) in [6.45, 7) is 5.31. The monoisotopic (exact) mass is 216 g/mol. The van der Waals surface area contributed by atoms with Gasteiger partial charge >= 0.3 is 0 Å². The van der Waals surface area contributed by atoms with Crippen LogP contribution in [0.1, 0.15) is 40.0 Å². The number of Topliss-reactive ketones (excluding diaryl/α,β-unsaturated/α-hetero) is 1. The summed E-state index contributed by atoms with van der Waals surface area (Å²) in [5.74, 6) is 0.0944. The lowest BCUT2D eigenvalue weighted by molar-refractivity contribution is -0.136. The first kappa shape index (κ1) is 16.5. The highest BCUT2D eigenvalue weighted by molar-refractivity contribution is 5.86. The smallest absolute Gasteiger partial charge is 0.222 e. The van der Waals surface area contributed by atoms with Crippen molar-refractivity contribution in [2.75, 3.05) is 14.1 Å². The molecule has 1 unspecified atom stereocenters. The minimum atomic E-state index is -0.288. The van der Waals surface area contributed by atoms with E-state index in [4.69, 9.17) is 0 Å². The van der Waals surface area contributed by atoms with Crippen LogP contribution in [0.2, 0.25) is 0 Å². The molecule has 4 heteroatoms. The summed E-state index contributed by atoms with van der Waals surface area (Å²) >= 11 is 0. The Hall–Kier alpha value is -0.900. The molecule has 0 saturated heterocycles. The molecular formula is C11H24N2O2. The number of ketones is 1. The first-order valence-electron chi connectivity index (χ1n) is 5.34. The summed E-state index contributed by atoms with van der Waals surface area (Å²) in [5, 5.41) is 0. The van der Waals surface area contributed by atoms with Gasteiger partial charge in [0.05, 0.1) is 6.04 Å². The second-order valence-electron chi connectivity index (χ2n) is 3.39. The molecule has 0 aromatic heterocycles. The van der Waals surface area contributed by atoms with Crippen molar-refractivity contribution in [2.45, 2.75) is 46.1 Å². The number of rotatable bonds is 5. The van der Waals surface area contributed by atoms with Gasteiger partial charge < -0.3 is 10.6 Å². The second kappa shape index (κ2) is 9.65. The Balaban J connectivity index is 0. The Morgan fingerprint density at radius 1 is 1.33 bits per heavy atom. The molecule has 1 amide bonds. The van der Waals surface area contributed by atoms with E-state index in [-0.39, 0.29) is 17.7 Å². The van der Waals surface area contributed by atoms with Crippen LogP contribution >= 0.6 is 0 Å². The van der Waals surface area contributed by atoms with Crippen molar-refractivity contribution >= 4 is 11.7 Å². The van der Waals surface area contributed by atoms with Crippen LogP contribution in [-0.4, -0.2) is 36.7 Å². The average Bonchev–Trinajstić information content (AvgIpc) is 2.26. The maximum atomic E-state index is 11.4. The molecule has 0 bridgehead atoms. The predicted molar refractivity (Wildman–Crippen MR) is 62.5 cm³/mol. The lowest BCUT2D eigenvalue weighted by atomic mass is 10.2. The molecule has 0 heterocycles. The highest BCUT2D eigenvalue weighted by Gasteiger charge is 2.17. The summed E-state index contributed by atoms with van der Waals surface area (Å²) in [6.07, 6.45) is 2.45. The van der Waals surface area contributed by atoms with Crippen molar-refractivity contribution < 1.29 is 9.59 Å². The van der Waals surface area contributed by atoms with E-state index in [1.165, 1.54) is 18.9 Å². The number of nitrogens with zero attached hydrogens (tertiary/aromatic N) is 1. The Morgan fingerprint density at radius 2 is 1.80 bits per heavy atom. The average molecular weight is 216 g/mol. The van der Waals surface area contributed by atoms with Crippen LogP contribution < -0.4 is 5.73 Å². The zero-order valence-corrected chi connectivity index (χ0v) is 10.5. The third-order valence-corrected chi connectivity index (χ3v) is 2.31. The minimum absolute atomic E-state index is 0.0346. The molecule has 0 radical (unpaired) electrons. The number of unbranched alkanes of at least 4 members (excludes halogenated alkanes) is 1. The number of hydrogen-bond acceptors (Lipinski definition) is 3. The molecule has 1 atom stereocenters. The van der Waals surface area contributed by atoms with Gasteiger partial charge in [0.1, 0.15) is 0 Å². The summed E-state index contributed by atoms with van der Waals surface area (Å²) in [6, 6.07) is -0.288. The quantitative estimate of drug-likeness (QED) is 0.750. The van der Waals surface area contributed by atoms with Gasteiger partial charge in [-0.1, -0.05) is 13.3 Å². The van der Waals surface area contributed by atoms with Gasteiger partial charge in [0.25, 0.3) is 0 Å². The molecule has 90 valence electrons. The molecule has 2 N–H and O–H groups in total. The third kappa shape index (κ3) is 7.08. The van der Waals surface area contributed by atoms with E-state index < -0.39 is 0 Å². The van der Waals surface area contributed by atoms with Crippen molar-refractivity contribution in [3.63, 3.8) is 0 Å². The van der Waals surface area contributed by atoms with E-state index in [9.17, 15) is 9.59 Å². The molecule has 0 aliphatic rings. The molecule has 0 rings (SSSR count). The summed E-state index contributed by atoms with van der Waals surface area (Å²) in [5.41, 5.74) is 4.50. The fourth-order valence-electron chi connectivity index (χ4n) is 0.993. The molecule has 4 nitrogen and oxygen atoms in total. The predicted octanol–water partition coefficient (Wildman–Crippen LogP) is 1.19. The Labute approximate surface area is 92.8 Å². The maximum Gasteiger partial charge on any atom is 0.222 e. The largest absolute Gasteiger partial charge is 0.336 e. The van der Waals surface area contributed by atoms with Crippen LogP contribution in [0.3, 0.4) is 0 Å². The van der Waals surface area contributed by atoms with Crippen molar-refractivity contribution in [3.8, 4) is 0 Å². The SMILES string of the molecule is CCCCC(=O)N(C)C(C)C(C)=O.CN. The Bertz CT molecular complexity index is 193. The molecule has 15 heavy (non-hydrogen) atoms. The maximum absolute atomic E-state index is 11.4. The summed E-state index contributed by atoms with van der Waals surface area (Å²) in [7, 11) is 3.18. The first-order valence-corrected chi connectivity index (χ1v) is 5.34. The van der Waals surface area contributed by atoms with Crippen molar-refractivity contribution in [3.05, 3.63) is 0 Å².